The Kier molecular flexibility index (Phi) is 21.6. The first kappa shape index (κ1) is 34.8. The standard InChI is InChI=1S/C30H54NO6P/c1-5-7-8-9-10-11-12-13-14-15-16-17-23-34-28-20-18-27(19-21-28)25-29(37-30(32)6-2)26-36-38(33)35-24-22-31(3)4/h18-21,29,33H,5-17,22-26H2,1-4H3. The van der Waals surface area contributed by atoms with Crippen LogP contribution in [-0.2, 0) is 25.0 Å². The monoisotopic (exact) mass is 555 g/mol. The van der Waals surface area contributed by atoms with Gasteiger partial charge >= 0.3 is 14.6 Å². The Morgan fingerprint density at radius 2 is 1.42 bits per heavy atom. The normalized spacial score (nSPS) is 13.0. The number of esters is 1. The zero-order chi connectivity index (χ0) is 27.8. The largest absolute Gasteiger partial charge is 0.494 e. The molecule has 1 N–H and O–H groups in total. The molecule has 1 aromatic carbocycles. The van der Waals surface area contributed by atoms with Crippen LogP contribution < -0.4 is 4.74 Å². The highest BCUT2D eigenvalue weighted by atomic mass is 31.2. The number of likely N-dealkylation sites (N-methyl/N-ethyl adjacent to an activating group) is 1. The lowest BCUT2D eigenvalue weighted by atomic mass is 10.1. The Morgan fingerprint density at radius 1 is 0.842 bits per heavy atom. The summed E-state index contributed by atoms with van der Waals surface area (Å²) in [5.74, 6) is 0.556. The Balaban J connectivity index is 2.24. The van der Waals surface area contributed by atoms with E-state index in [0.717, 1.165) is 24.3 Å². The summed E-state index contributed by atoms with van der Waals surface area (Å²) in [5, 5.41) is 0. The van der Waals surface area contributed by atoms with E-state index in [4.69, 9.17) is 18.5 Å². The van der Waals surface area contributed by atoms with E-state index in [9.17, 15) is 9.69 Å². The second kappa shape index (κ2) is 23.6. The van der Waals surface area contributed by atoms with Crippen molar-refractivity contribution in [1.29, 1.82) is 0 Å². The minimum atomic E-state index is -2.01. The van der Waals surface area contributed by atoms with Gasteiger partial charge in [-0.1, -0.05) is 96.6 Å². The highest BCUT2D eigenvalue weighted by Crippen LogP contribution is 2.33. The van der Waals surface area contributed by atoms with Crippen LogP contribution in [0.25, 0.3) is 0 Å². The maximum Gasteiger partial charge on any atom is 0.330 e. The van der Waals surface area contributed by atoms with Crippen molar-refractivity contribution < 1.29 is 28.2 Å². The number of ether oxygens (including phenoxy) is 2. The van der Waals surface area contributed by atoms with Crippen LogP contribution in [-0.4, -0.2) is 62.3 Å². The van der Waals surface area contributed by atoms with Gasteiger partial charge in [0.25, 0.3) is 0 Å². The third-order valence-electron chi connectivity index (χ3n) is 6.35. The second-order valence-electron chi connectivity index (χ2n) is 10.2. The molecular weight excluding hydrogens is 501 g/mol. The fourth-order valence-electron chi connectivity index (χ4n) is 4.01. The molecule has 0 aliphatic rings. The van der Waals surface area contributed by atoms with Gasteiger partial charge in [0.2, 0.25) is 0 Å². The van der Waals surface area contributed by atoms with Crippen LogP contribution in [0, 0.1) is 0 Å². The van der Waals surface area contributed by atoms with Gasteiger partial charge in [-0.3, -0.25) is 4.79 Å². The molecule has 0 amide bonds. The number of nitrogens with zero attached hydrogens (tertiary/aromatic N) is 1. The number of unbranched alkanes of at least 4 members (excludes halogenated alkanes) is 11. The van der Waals surface area contributed by atoms with Crippen molar-refractivity contribution in [2.75, 3.05) is 40.5 Å². The zero-order valence-electron chi connectivity index (χ0n) is 24.5. The number of hydrogen-bond donors (Lipinski definition) is 1. The SMILES string of the molecule is CCCCCCCCCCCCCCOc1ccc(CC(COP(O)OCCN(C)C)OC(=O)CC)cc1. The molecule has 0 spiro atoms. The molecule has 220 valence electrons. The zero-order valence-corrected chi connectivity index (χ0v) is 25.4. The smallest absolute Gasteiger partial charge is 0.330 e. The molecule has 0 radical (unpaired) electrons. The number of carbonyl (C=O) groups is 1. The van der Waals surface area contributed by atoms with Gasteiger partial charge in [-0.15, -0.1) is 0 Å². The summed E-state index contributed by atoms with van der Waals surface area (Å²) in [4.78, 5) is 23.8. The Labute approximate surface area is 233 Å². The van der Waals surface area contributed by atoms with Crippen LogP contribution in [0.2, 0.25) is 0 Å². The van der Waals surface area contributed by atoms with E-state index in [0.29, 0.717) is 19.6 Å². The van der Waals surface area contributed by atoms with E-state index in [-0.39, 0.29) is 19.0 Å². The van der Waals surface area contributed by atoms with Gasteiger partial charge in [0.05, 0.1) is 19.8 Å². The van der Waals surface area contributed by atoms with Crippen LogP contribution in [0.3, 0.4) is 0 Å². The van der Waals surface area contributed by atoms with E-state index >= 15 is 0 Å². The molecule has 0 aliphatic heterocycles. The quantitative estimate of drug-likeness (QED) is 0.0763. The molecule has 1 aromatic rings. The Bertz CT molecular complexity index is 688. The molecule has 0 saturated heterocycles. The van der Waals surface area contributed by atoms with Gasteiger partial charge in [-0.25, -0.2) is 0 Å². The molecule has 2 atom stereocenters. The predicted octanol–water partition coefficient (Wildman–Crippen LogP) is 7.44. The van der Waals surface area contributed by atoms with Crippen molar-refractivity contribution >= 4 is 14.6 Å². The third-order valence-corrected chi connectivity index (χ3v) is 7.12. The predicted molar refractivity (Wildman–Crippen MR) is 156 cm³/mol. The van der Waals surface area contributed by atoms with Gasteiger partial charge in [0, 0.05) is 19.4 Å². The van der Waals surface area contributed by atoms with Gasteiger partial charge in [0.1, 0.15) is 11.9 Å². The molecule has 0 fully saturated rings. The van der Waals surface area contributed by atoms with Crippen LogP contribution in [0.4, 0.5) is 0 Å². The van der Waals surface area contributed by atoms with Gasteiger partial charge in [-0.05, 0) is 38.2 Å². The lowest BCUT2D eigenvalue weighted by molar-refractivity contribution is -0.150. The van der Waals surface area contributed by atoms with Crippen molar-refractivity contribution in [2.24, 2.45) is 0 Å². The Morgan fingerprint density at radius 3 is 1.97 bits per heavy atom. The summed E-state index contributed by atoms with van der Waals surface area (Å²) < 4.78 is 22.2. The van der Waals surface area contributed by atoms with Crippen LogP contribution in [0.1, 0.15) is 103 Å². The van der Waals surface area contributed by atoms with Crippen molar-refractivity contribution in [3.8, 4) is 5.75 Å². The van der Waals surface area contributed by atoms with Crippen LogP contribution in [0.15, 0.2) is 24.3 Å². The van der Waals surface area contributed by atoms with E-state index in [1.54, 1.807) is 6.92 Å². The summed E-state index contributed by atoms with van der Waals surface area (Å²) in [5.41, 5.74) is 1.01. The Hall–Kier alpha value is -1.24. The van der Waals surface area contributed by atoms with E-state index in [1.807, 2.05) is 43.3 Å². The molecular formula is C30H54NO6P. The lowest BCUT2D eigenvalue weighted by Crippen LogP contribution is -2.25. The van der Waals surface area contributed by atoms with Gasteiger partial charge in [-0.2, -0.15) is 0 Å². The van der Waals surface area contributed by atoms with Crippen molar-refractivity contribution in [1.82, 2.24) is 4.90 Å². The van der Waals surface area contributed by atoms with Crippen molar-refractivity contribution in [3.63, 3.8) is 0 Å². The van der Waals surface area contributed by atoms with E-state index in [2.05, 4.69) is 6.92 Å². The first-order valence-electron chi connectivity index (χ1n) is 14.7. The number of benzene rings is 1. The van der Waals surface area contributed by atoms with E-state index < -0.39 is 14.7 Å². The first-order chi connectivity index (χ1) is 18.4. The average molecular weight is 556 g/mol. The molecule has 7 nitrogen and oxygen atoms in total. The maximum atomic E-state index is 11.9. The van der Waals surface area contributed by atoms with Gasteiger partial charge < -0.3 is 28.3 Å². The van der Waals surface area contributed by atoms with Crippen LogP contribution in [0.5, 0.6) is 5.75 Å². The summed E-state index contributed by atoms with van der Waals surface area (Å²) in [6.45, 7) is 5.89. The summed E-state index contributed by atoms with van der Waals surface area (Å²) in [6.07, 6.45) is 16.3. The molecule has 0 saturated carbocycles. The summed E-state index contributed by atoms with van der Waals surface area (Å²) in [6, 6.07) is 7.89. The van der Waals surface area contributed by atoms with Gasteiger partial charge in [0.15, 0.2) is 0 Å². The molecule has 8 heteroatoms. The minimum Gasteiger partial charge on any atom is -0.494 e. The molecule has 1 rings (SSSR count). The highest BCUT2D eigenvalue weighted by Gasteiger charge is 2.18. The number of hydrogen-bond acceptors (Lipinski definition) is 7. The molecule has 38 heavy (non-hydrogen) atoms. The lowest BCUT2D eigenvalue weighted by Gasteiger charge is -2.20. The fourth-order valence-corrected chi connectivity index (χ4v) is 4.61. The van der Waals surface area contributed by atoms with Crippen LogP contribution >= 0.6 is 8.60 Å². The third kappa shape index (κ3) is 19.8. The van der Waals surface area contributed by atoms with E-state index in [1.165, 1.54) is 70.6 Å². The molecule has 0 aliphatic carbocycles. The second-order valence-corrected chi connectivity index (χ2v) is 11.2. The number of rotatable bonds is 25. The fraction of sp³-hybridized carbons (Fsp3) is 0.767. The number of carbonyl (C=O) groups excluding carboxylic acids is 1. The molecule has 2 unspecified atom stereocenters. The maximum absolute atomic E-state index is 11.9. The highest BCUT2D eigenvalue weighted by molar-refractivity contribution is 7.40. The minimum absolute atomic E-state index is 0.0765. The first-order valence-corrected chi connectivity index (χ1v) is 15.9. The average Bonchev–Trinajstić information content (AvgIpc) is 2.90. The van der Waals surface area contributed by atoms with Crippen molar-refractivity contribution in [2.45, 2.75) is 110 Å². The molecule has 0 heterocycles. The summed E-state index contributed by atoms with van der Waals surface area (Å²) >= 11 is 0. The van der Waals surface area contributed by atoms with Crippen molar-refractivity contribution in [3.05, 3.63) is 29.8 Å². The topological polar surface area (TPSA) is 77.5 Å². The molecule has 0 aromatic heterocycles. The molecule has 0 bridgehead atoms. The summed E-state index contributed by atoms with van der Waals surface area (Å²) in [7, 11) is 1.85.